The molecule has 1 aromatic heterocycles. The van der Waals surface area contributed by atoms with Crippen LogP contribution >= 0.6 is 0 Å². The Morgan fingerprint density at radius 2 is 1.86 bits per heavy atom. The molecule has 0 bridgehead atoms. The molecular weight excluding hydrogens is 360 g/mol. The Balaban J connectivity index is 1.88. The van der Waals surface area contributed by atoms with Gasteiger partial charge < -0.3 is 20.1 Å². The van der Waals surface area contributed by atoms with E-state index in [1.807, 2.05) is 41.0 Å². The molecule has 1 aliphatic heterocycles. The molecule has 0 fully saturated rings. The second kappa shape index (κ2) is 6.84. The minimum atomic E-state index is -1.08. The van der Waals surface area contributed by atoms with Gasteiger partial charge in [0.1, 0.15) is 5.75 Å². The summed E-state index contributed by atoms with van der Waals surface area (Å²) in [5, 5.41) is 9.60. The molecule has 3 aromatic rings. The van der Waals surface area contributed by atoms with Gasteiger partial charge in [-0.15, -0.1) is 0 Å². The Morgan fingerprint density at radius 1 is 1.11 bits per heavy atom. The van der Waals surface area contributed by atoms with Crippen molar-refractivity contribution in [2.24, 2.45) is 5.73 Å². The smallest absolute Gasteiger partial charge is 0.341 e. The average Bonchev–Trinajstić information content (AvgIpc) is 3.24. The number of primary amides is 1. The van der Waals surface area contributed by atoms with E-state index in [9.17, 15) is 14.4 Å². The molecule has 0 radical (unpaired) electrons. The quantitative estimate of drug-likeness (QED) is 0.639. The third-order valence-electron chi connectivity index (χ3n) is 5.10. The predicted octanol–water partition coefficient (Wildman–Crippen LogP) is 2.24. The summed E-state index contributed by atoms with van der Waals surface area (Å²) in [5.41, 5.74) is 7.78. The van der Waals surface area contributed by atoms with E-state index in [-0.39, 0.29) is 6.04 Å². The molecule has 7 nitrogen and oxygen atoms in total. The van der Waals surface area contributed by atoms with Gasteiger partial charge in [-0.05, 0) is 30.2 Å². The van der Waals surface area contributed by atoms with Crippen LogP contribution in [0.3, 0.4) is 0 Å². The summed E-state index contributed by atoms with van der Waals surface area (Å²) in [6, 6.07) is 16.7. The fourth-order valence-electron chi connectivity index (χ4n) is 3.95. The number of Topliss-reactive ketones (excluding diaryl/α,β-unsaturated/α-hetero) is 1. The largest absolute Gasteiger partial charge is 0.481 e. The van der Waals surface area contributed by atoms with E-state index < -0.39 is 30.2 Å². The molecule has 4 rings (SSSR count). The zero-order valence-corrected chi connectivity index (χ0v) is 14.9. The molecule has 2 atom stereocenters. The van der Waals surface area contributed by atoms with Crippen molar-refractivity contribution in [1.29, 1.82) is 0 Å². The number of carboxylic acids is 1. The first-order valence-corrected chi connectivity index (χ1v) is 8.84. The number of hydrogen-bond donors (Lipinski definition) is 2. The SMILES string of the molecule is NC(=O)C(=O)C1CC(c2ccccc2)n2c1cc1c(OCC(=O)O)cccc12. The number of ketones is 1. The Labute approximate surface area is 160 Å². The first-order chi connectivity index (χ1) is 13.5. The van der Waals surface area contributed by atoms with E-state index in [0.29, 0.717) is 23.3 Å². The molecule has 7 heteroatoms. The highest BCUT2D eigenvalue weighted by Gasteiger charge is 2.39. The standard InChI is InChI=1S/C21H18N2O5/c22-21(27)20(26)14-10-16(12-5-2-1-3-6-12)23-15-7-4-8-18(28-11-19(24)25)13(15)9-17(14)23/h1-9,14,16H,10-11H2,(H2,22,27)(H,24,25). The molecule has 1 amide bonds. The van der Waals surface area contributed by atoms with Gasteiger partial charge in [0.25, 0.3) is 5.91 Å². The molecule has 0 saturated heterocycles. The van der Waals surface area contributed by atoms with E-state index >= 15 is 0 Å². The van der Waals surface area contributed by atoms with Gasteiger partial charge in [0, 0.05) is 11.1 Å². The van der Waals surface area contributed by atoms with Gasteiger partial charge in [0.15, 0.2) is 6.61 Å². The van der Waals surface area contributed by atoms with Crippen molar-refractivity contribution in [2.45, 2.75) is 18.4 Å². The summed E-state index contributed by atoms with van der Waals surface area (Å²) in [6.07, 6.45) is 0.442. The summed E-state index contributed by atoms with van der Waals surface area (Å²) < 4.78 is 7.43. The summed E-state index contributed by atoms with van der Waals surface area (Å²) in [4.78, 5) is 34.9. The lowest BCUT2D eigenvalue weighted by Gasteiger charge is -2.16. The molecular formula is C21H18N2O5. The van der Waals surface area contributed by atoms with Crippen molar-refractivity contribution in [3.63, 3.8) is 0 Å². The maximum atomic E-state index is 12.5. The van der Waals surface area contributed by atoms with Crippen molar-refractivity contribution >= 4 is 28.6 Å². The Morgan fingerprint density at radius 3 is 2.54 bits per heavy atom. The number of fused-ring (bicyclic) bond motifs is 3. The third kappa shape index (κ3) is 2.90. The van der Waals surface area contributed by atoms with Crippen LogP contribution in [-0.2, 0) is 14.4 Å². The van der Waals surface area contributed by atoms with Crippen LogP contribution in [0.15, 0.2) is 54.6 Å². The number of nitrogens with zero attached hydrogens (tertiary/aromatic N) is 1. The second-order valence-electron chi connectivity index (χ2n) is 6.75. The van der Waals surface area contributed by atoms with Gasteiger partial charge >= 0.3 is 5.97 Å². The minimum Gasteiger partial charge on any atom is -0.481 e. The molecule has 0 saturated carbocycles. The molecule has 1 aliphatic rings. The topological polar surface area (TPSA) is 112 Å². The number of hydrogen-bond acceptors (Lipinski definition) is 4. The maximum absolute atomic E-state index is 12.5. The number of amides is 1. The summed E-state index contributed by atoms with van der Waals surface area (Å²) in [7, 11) is 0. The number of ether oxygens (including phenoxy) is 1. The summed E-state index contributed by atoms with van der Waals surface area (Å²) in [6.45, 7) is -0.467. The Bertz CT molecular complexity index is 1090. The molecule has 2 unspecified atom stereocenters. The van der Waals surface area contributed by atoms with Gasteiger partial charge in [-0.2, -0.15) is 0 Å². The summed E-state index contributed by atoms with van der Waals surface area (Å²) >= 11 is 0. The highest BCUT2D eigenvalue weighted by molar-refractivity contribution is 6.37. The molecule has 2 aromatic carbocycles. The number of nitrogens with two attached hydrogens (primary N) is 1. The van der Waals surface area contributed by atoms with Crippen LogP contribution in [0.1, 0.15) is 29.6 Å². The van der Waals surface area contributed by atoms with Crippen LogP contribution in [0, 0.1) is 0 Å². The molecule has 28 heavy (non-hydrogen) atoms. The van der Waals surface area contributed by atoms with E-state index in [1.54, 1.807) is 18.2 Å². The average molecular weight is 378 g/mol. The molecule has 2 heterocycles. The summed E-state index contributed by atoms with van der Waals surface area (Å²) in [5.74, 6) is -2.90. The van der Waals surface area contributed by atoms with Gasteiger partial charge in [-0.3, -0.25) is 9.59 Å². The zero-order chi connectivity index (χ0) is 19.8. The number of carbonyl (C=O) groups is 3. The number of carbonyl (C=O) groups excluding carboxylic acids is 2. The number of rotatable bonds is 6. The van der Waals surface area contributed by atoms with Crippen molar-refractivity contribution in [1.82, 2.24) is 4.57 Å². The number of benzene rings is 2. The lowest BCUT2D eigenvalue weighted by molar-refractivity contribution is -0.139. The zero-order valence-electron chi connectivity index (χ0n) is 14.9. The van der Waals surface area contributed by atoms with Crippen LogP contribution in [-0.4, -0.2) is 33.9 Å². The van der Waals surface area contributed by atoms with E-state index in [0.717, 1.165) is 11.1 Å². The maximum Gasteiger partial charge on any atom is 0.341 e. The predicted molar refractivity (Wildman–Crippen MR) is 101 cm³/mol. The fraction of sp³-hybridized carbons (Fsp3) is 0.190. The lowest BCUT2D eigenvalue weighted by atomic mass is 9.93. The first-order valence-electron chi connectivity index (χ1n) is 8.84. The van der Waals surface area contributed by atoms with Gasteiger partial charge in [0.2, 0.25) is 5.78 Å². The van der Waals surface area contributed by atoms with E-state index in [1.165, 1.54) is 0 Å². The van der Waals surface area contributed by atoms with Crippen LogP contribution < -0.4 is 10.5 Å². The highest BCUT2D eigenvalue weighted by Crippen LogP contribution is 2.45. The Hall–Kier alpha value is -3.61. The normalized spacial score (nSPS) is 18.0. The molecule has 3 N–H and O–H groups in total. The fourth-order valence-corrected chi connectivity index (χ4v) is 3.95. The monoisotopic (exact) mass is 378 g/mol. The van der Waals surface area contributed by atoms with Crippen molar-refractivity contribution in [3.8, 4) is 5.75 Å². The van der Waals surface area contributed by atoms with E-state index in [2.05, 4.69) is 0 Å². The van der Waals surface area contributed by atoms with Crippen molar-refractivity contribution < 1.29 is 24.2 Å². The Kier molecular flexibility index (Phi) is 4.35. The first kappa shape index (κ1) is 17.8. The van der Waals surface area contributed by atoms with Crippen LogP contribution in [0.4, 0.5) is 0 Å². The molecule has 142 valence electrons. The van der Waals surface area contributed by atoms with Gasteiger partial charge in [-0.1, -0.05) is 36.4 Å². The molecule has 0 spiro atoms. The van der Waals surface area contributed by atoms with Gasteiger partial charge in [0.05, 0.1) is 17.5 Å². The molecule has 0 aliphatic carbocycles. The van der Waals surface area contributed by atoms with Crippen LogP contribution in [0.25, 0.3) is 10.9 Å². The minimum absolute atomic E-state index is 0.142. The number of carboxylic acid groups (broad SMARTS) is 1. The lowest BCUT2D eigenvalue weighted by Crippen LogP contribution is -2.27. The van der Waals surface area contributed by atoms with Crippen LogP contribution in [0.5, 0.6) is 5.75 Å². The van der Waals surface area contributed by atoms with Crippen molar-refractivity contribution in [2.75, 3.05) is 6.61 Å². The van der Waals surface area contributed by atoms with Crippen LogP contribution in [0.2, 0.25) is 0 Å². The van der Waals surface area contributed by atoms with Gasteiger partial charge in [-0.25, -0.2) is 4.79 Å². The number of aromatic nitrogens is 1. The second-order valence-corrected chi connectivity index (χ2v) is 6.75. The number of aliphatic carboxylic acids is 1. The van der Waals surface area contributed by atoms with E-state index in [4.69, 9.17) is 15.6 Å². The van der Waals surface area contributed by atoms with Crippen molar-refractivity contribution in [3.05, 3.63) is 65.9 Å². The highest BCUT2D eigenvalue weighted by atomic mass is 16.5. The third-order valence-corrected chi connectivity index (χ3v) is 5.10.